The maximum atomic E-state index is 11.8. The molecular formula is C9H14N4O2. The van der Waals surface area contributed by atoms with Crippen LogP contribution in [0.25, 0.3) is 0 Å². The minimum absolute atomic E-state index is 0.0165. The summed E-state index contributed by atoms with van der Waals surface area (Å²) in [6.07, 6.45) is 0. The van der Waals surface area contributed by atoms with E-state index in [0.29, 0.717) is 18.4 Å². The van der Waals surface area contributed by atoms with Crippen LogP contribution in [0.5, 0.6) is 0 Å². The minimum atomic E-state index is -0.0591. The van der Waals surface area contributed by atoms with Crippen LogP contribution in [0.2, 0.25) is 0 Å². The van der Waals surface area contributed by atoms with E-state index in [1.54, 1.807) is 6.92 Å². The van der Waals surface area contributed by atoms with Gasteiger partial charge in [-0.05, 0) is 12.5 Å². The third kappa shape index (κ3) is 2.15. The van der Waals surface area contributed by atoms with E-state index in [4.69, 9.17) is 4.42 Å². The van der Waals surface area contributed by atoms with Gasteiger partial charge in [-0.3, -0.25) is 10.1 Å². The van der Waals surface area contributed by atoms with Crippen molar-refractivity contribution in [2.45, 2.75) is 13.8 Å². The first-order chi connectivity index (χ1) is 7.16. The van der Waals surface area contributed by atoms with Crippen LogP contribution in [0.4, 0.5) is 6.01 Å². The van der Waals surface area contributed by atoms with Crippen molar-refractivity contribution in [2.75, 3.05) is 18.4 Å². The van der Waals surface area contributed by atoms with Gasteiger partial charge in [-0.2, -0.15) is 0 Å². The second-order valence-electron chi connectivity index (χ2n) is 3.86. The lowest BCUT2D eigenvalue weighted by atomic mass is 9.97. The van der Waals surface area contributed by atoms with Crippen molar-refractivity contribution in [2.24, 2.45) is 11.8 Å². The first-order valence-electron chi connectivity index (χ1n) is 4.98. The molecule has 0 radical (unpaired) electrons. The second kappa shape index (κ2) is 3.98. The molecule has 6 nitrogen and oxygen atoms in total. The molecule has 0 aromatic carbocycles. The van der Waals surface area contributed by atoms with E-state index < -0.39 is 0 Å². The van der Waals surface area contributed by atoms with E-state index in [-0.39, 0.29) is 17.8 Å². The van der Waals surface area contributed by atoms with Gasteiger partial charge in [0.25, 0.3) is 0 Å². The van der Waals surface area contributed by atoms with Crippen molar-refractivity contribution < 1.29 is 9.21 Å². The summed E-state index contributed by atoms with van der Waals surface area (Å²) in [5.41, 5.74) is 0. The molecule has 2 rings (SSSR count). The van der Waals surface area contributed by atoms with Gasteiger partial charge < -0.3 is 9.73 Å². The number of carbonyl (C=O) groups excluding carboxylic acids is 1. The molecule has 0 spiro atoms. The van der Waals surface area contributed by atoms with E-state index in [1.807, 2.05) is 6.92 Å². The number of rotatable bonds is 2. The first-order valence-corrected chi connectivity index (χ1v) is 4.98. The molecule has 1 aliphatic heterocycles. The second-order valence-corrected chi connectivity index (χ2v) is 3.86. The Hall–Kier alpha value is -1.43. The molecule has 1 aliphatic rings. The zero-order chi connectivity index (χ0) is 10.8. The van der Waals surface area contributed by atoms with Gasteiger partial charge in [0.1, 0.15) is 0 Å². The van der Waals surface area contributed by atoms with Gasteiger partial charge >= 0.3 is 6.01 Å². The number of hydrogen-bond acceptors (Lipinski definition) is 5. The van der Waals surface area contributed by atoms with E-state index in [1.165, 1.54) is 0 Å². The maximum absolute atomic E-state index is 11.8. The van der Waals surface area contributed by atoms with Gasteiger partial charge in [0.15, 0.2) is 0 Å². The molecule has 15 heavy (non-hydrogen) atoms. The molecule has 82 valence electrons. The lowest BCUT2D eigenvalue weighted by Crippen LogP contribution is -2.27. The Labute approximate surface area is 87.4 Å². The molecule has 0 bridgehead atoms. The van der Waals surface area contributed by atoms with Crippen LogP contribution >= 0.6 is 0 Å². The van der Waals surface area contributed by atoms with Crippen LogP contribution in [0.3, 0.4) is 0 Å². The summed E-state index contributed by atoms with van der Waals surface area (Å²) >= 11 is 0. The molecule has 1 amide bonds. The zero-order valence-corrected chi connectivity index (χ0v) is 8.78. The normalized spacial score (nSPS) is 25.5. The van der Waals surface area contributed by atoms with E-state index in [2.05, 4.69) is 20.8 Å². The number of aryl methyl sites for hydroxylation is 1. The van der Waals surface area contributed by atoms with E-state index >= 15 is 0 Å². The van der Waals surface area contributed by atoms with Crippen molar-refractivity contribution >= 4 is 11.9 Å². The summed E-state index contributed by atoms with van der Waals surface area (Å²) < 4.78 is 5.07. The predicted molar refractivity (Wildman–Crippen MR) is 53.2 cm³/mol. The first kappa shape index (κ1) is 10.1. The highest BCUT2D eigenvalue weighted by Crippen LogP contribution is 2.17. The molecule has 0 aliphatic carbocycles. The molecule has 0 unspecified atom stereocenters. The van der Waals surface area contributed by atoms with Gasteiger partial charge in [0.05, 0.1) is 5.92 Å². The Morgan fingerprint density at radius 1 is 1.53 bits per heavy atom. The average Bonchev–Trinajstić information content (AvgIpc) is 2.75. The summed E-state index contributed by atoms with van der Waals surface area (Å²) in [4.78, 5) is 11.8. The Kier molecular flexibility index (Phi) is 2.68. The fraction of sp³-hybridized carbons (Fsp3) is 0.667. The average molecular weight is 210 g/mol. The predicted octanol–water partition coefficient (Wildman–Crippen LogP) is 0.172. The quantitative estimate of drug-likeness (QED) is 0.727. The van der Waals surface area contributed by atoms with Crippen LogP contribution < -0.4 is 10.6 Å². The van der Waals surface area contributed by atoms with Crippen molar-refractivity contribution in [3.8, 4) is 0 Å². The summed E-state index contributed by atoms with van der Waals surface area (Å²) in [6, 6.07) is 0.177. The molecule has 2 atom stereocenters. The van der Waals surface area contributed by atoms with Crippen LogP contribution in [-0.2, 0) is 4.79 Å². The molecule has 1 saturated heterocycles. The number of carbonyl (C=O) groups is 1. The SMILES string of the molecule is Cc1nnc(NC(=O)[C@@H]2CNC[C@H]2C)o1. The van der Waals surface area contributed by atoms with E-state index in [0.717, 1.165) is 6.54 Å². The van der Waals surface area contributed by atoms with Gasteiger partial charge in [-0.15, -0.1) is 5.10 Å². The molecule has 1 aromatic heterocycles. The van der Waals surface area contributed by atoms with Crippen LogP contribution in [0.15, 0.2) is 4.42 Å². The third-order valence-electron chi connectivity index (χ3n) is 2.61. The standard InChI is InChI=1S/C9H14N4O2/c1-5-3-10-4-7(5)8(14)11-9-13-12-6(2)15-9/h5,7,10H,3-4H2,1-2H3,(H,11,13,14)/t5-,7-/m1/s1. The molecule has 0 saturated carbocycles. The summed E-state index contributed by atoms with van der Waals surface area (Å²) in [5, 5.41) is 13.1. The topological polar surface area (TPSA) is 80.0 Å². The molecule has 6 heteroatoms. The van der Waals surface area contributed by atoms with Crippen LogP contribution in [-0.4, -0.2) is 29.2 Å². The number of anilines is 1. The number of aromatic nitrogens is 2. The Morgan fingerprint density at radius 2 is 2.33 bits per heavy atom. The van der Waals surface area contributed by atoms with Crippen molar-refractivity contribution in [1.82, 2.24) is 15.5 Å². The fourth-order valence-corrected chi connectivity index (χ4v) is 1.71. The highest BCUT2D eigenvalue weighted by molar-refractivity contribution is 5.91. The Bertz CT molecular complexity index is 363. The highest BCUT2D eigenvalue weighted by atomic mass is 16.4. The number of amides is 1. The largest absolute Gasteiger partial charge is 0.408 e. The highest BCUT2D eigenvalue weighted by Gasteiger charge is 2.30. The van der Waals surface area contributed by atoms with E-state index in [9.17, 15) is 4.79 Å². The molecule has 2 heterocycles. The fourth-order valence-electron chi connectivity index (χ4n) is 1.71. The molecule has 1 aromatic rings. The number of hydrogen-bond donors (Lipinski definition) is 2. The van der Waals surface area contributed by atoms with Crippen molar-refractivity contribution in [3.63, 3.8) is 0 Å². The number of nitrogens with zero attached hydrogens (tertiary/aromatic N) is 2. The monoisotopic (exact) mass is 210 g/mol. The van der Waals surface area contributed by atoms with Crippen molar-refractivity contribution in [3.05, 3.63) is 5.89 Å². The summed E-state index contributed by atoms with van der Waals surface area (Å²) in [6.45, 7) is 5.31. The van der Waals surface area contributed by atoms with Crippen LogP contribution in [0.1, 0.15) is 12.8 Å². The van der Waals surface area contributed by atoms with Gasteiger partial charge in [0, 0.05) is 13.5 Å². The van der Waals surface area contributed by atoms with Crippen molar-refractivity contribution in [1.29, 1.82) is 0 Å². The van der Waals surface area contributed by atoms with Gasteiger partial charge in [-0.25, -0.2) is 0 Å². The Balaban J connectivity index is 1.97. The number of nitrogens with one attached hydrogen (secondary N) is 2. The molecule has 2 N–H and O–H groups in total. The summed E-state index contributed by atoms with van der Waals surface area (Å²) in [7, 11) is 0. The maximum Gasteiger partial charge on any atom is 0.322 e. The van der Waals surface area contributed by atoms with Gasteiger partial charge in [0.2, 0.25) is 11.8 Å². The lowest BCUT2D eigenvalue weighted by Gasteiger charge is -2.11. The third-order valence-corrected chi connectivity index (χ3v) is 2.61. The minimum Gasteiger partial charge on any atom is -0.408 e. The lowest BCUT2D eigenvalue weighted by molar-refractivity contribution is -0.120. The smallest absolute Gasteiger partial charge is 0.322 e. The summed E-state index contributed by atoms with van der Waals surface area (Å²) in [5.74, 6) is 0.713. The van der Waals surface area contributed by atoms with Gasteiger partial charge in [-0.1, -0.05) is 12.0 Å². The molecular weight excluding hydrogens is 196 g/mol. The van der Waals surface area contributed by atoms with Crippen LogP contribution in [0, 0.1) is 18.8 Å². The Morgan fingerprint density at radius 3 is 2.87 bits per heavy atom. The zero-order valence-electron chi connectivity index (χ0n) is 8.78. The molecule has 1 fully saturated rings.